The van der Waals surface area contributed by atoms with Crippen LogP contribution in [0.2, 0.25) is 0 Å². The van der Waals surface area contributed by atoms with Gasteiger partial charge in [0.2, 0.25) is 5.91 Å². The van der Waals surface area contributed by atoms with Crippen molar-refractivity contribution >= 4 is 11.6 Å². The minimum atomic E-state index is 0.0987. The number of benzene rings is 1. The van der Waals surface area contributed by atoms with Gasteiger partial charge in [0.25, 0.3) is 0 Å². The second-order valence-electron chi connectivity index (χ2n) is 5.09. The van der Waals surface area contributed by atoms with Crippen molar-refractivity contribution < 1.29 is 4.79 Å². The lowest BCUT2D eigenvalue weighted by atomic mass is 10.1. The second kappa shape index (κ2) is 10.0. The van der Waals surface area contributed by atoms with Gasteiger partial charge in [0.05, 0.1) is 6.54 Å². The number of hydrogen-bond donors (Lipinski definition) is 2. The Morgan fingerprint density at radius 3 is 2.71 bits per heavy atom. The van der Waals surface area contributed by atoms with Crippen LogP contribution < -0.4 is 11.1 Å². The summed E-state index contributed by atoms with van der Waals surface area (Å²) in [6, 6.07) is 5.88. The molecule has 0 spiro atoms. The molecule has 0 fully saturated rings. The first-order valence-corrected chi connectivity index (χ1v) is 7.83. The van der Waals surface area contributed by atoms with Gasteiger partial charge in [-0.05, 0) is 36.6 Å². The summed E-state index contributed by atoms with van der Waals surface area (Å²) in [6.07, 6.45) is 5.93. The molecule has 0 saturated carbocycles. The number of carbonyl (C=O) groups excluding carboxylic acids is 1. The molecule has 0 aromatic heterocycles. The molecule has 0 aliphatic carbocycles. The average molecular weight is 286 g/mol. The highest BCUT2D eigenvalue weighted by atomic mass is 16.1. The summed E-state index contributed by atoms with van der Waals surface area (Å²) in [5.41, 5.74) is 8.33. The SMILES string of the molecule is CCCCCCC(=O)Nc1ccc(C#CCN)cc1CC. The van der Waals surface area contributed by atoms with Crippen molar-refractivity contribution in [1.29, 1.82) is 0 Å². The van der Waals surface area contributed by atoms with E-state index in [-0.39, 0.29) is 5.91 Å². The zero-order chi connectivity index (χ0) is 15.5. The van der Waals surface area contributed by atoms with E-state index < -0.39 is 0 Å². The highest BCUT2D eigenvalue weighted by Crippen LogP contribution is 2.18. The minimum absolute atomic E-state index is 0.0987. The number of unbranched alkanes of at least 4 members (excludes halogenated alkanes) is 3. The number of amides is 1. The fourth-order valence-corrected chi connectivity index (χ4v) is 2.16. The Hall–Kier alpha value is -1.79. The van der Waals surface area contributed by atoms with Crippen LogP contribution in [0.25, 0.3) is 0 Å². The molecule has 0 heterocycles. The van der Waals surface area contributed by atoms with E-state index in [4.69, 9.17) is 5.73 Å². The van der Waals surface area contributed by atoms with E-state index in [1.807, 2.05) is 18.2 Å². The molecule has 1 aromatic rings. The zero-order valence-electron chi connectivity index (χ0n) is 13.2. The van der Waals surface area contributed by atoms with Crippen molar-refractivity contribution in [3.05, 3.63) is 29.3 Å². The van der Waals surface area contributed by atoms with Crippen molar-refractivity contribution in [2.75, 3.05) is 11.9 Å². The molecule has 3 heteroatoms. The Kier molecular flexibility index (Phi) is 8.23. The molecule has 114 valence electrons. The van der Waals surface area contributed by atoms with Gasteiger partial charge < -0.3 is 11.1 Å². The predicted octanol–water partition coefficient (Wildman–Crippen LogP) is 3.47. The van der Waals surface area contributed by atoms with Crippen LogP contribution in [0.1, 0.15) is 57.1 Å². The lowest BCUT2D eigenvalue weighted by Crippen LogP contribution is -2.12. The third-order valence-corrected chi connectivity index (χ3v) is 3.35. The van der Waals surface area contributed by atoms with Gasteiger partial charge in [-0.3, -0.25) is 4.79 Å². The van der Waals surface area contributed by atoms with Crippen LogP contribution in [-0.2, 0) is 11.2 Å². The van der Waals surface area contributed by atoms with E-state index in [0.717, 1.165) is 36.1 Å². The van der Waals surface area contributed by atoms with Gasteiger partial charge in [-0.2, -0.15) is 0 Å². The first-order valence-electron chi connectivity index (χ1n) is 7.83. The topological polar surface area (TPSA) is 55.1 Å². The molecule has 0 aliphatic heterocycles. The van der Waals surface area contributed by atoms with Crippen LogP contribution in [0.4, 0.5) is 5.69 Å². The molecule has 0 radical (unpaired) electrons. The summed E-state index contributed by atoms with van der Waals surface area (Å²) in [4.78, 5) is 11.9. The highest BCUT2D eigenvalue weighted by molar-refractivity contribution is 5.91. The quantitative estimate of drug-likeness (QED) is 0.595. The Morgan fingerprint density at radius 1 is 1.24 bits per heavy atom. The zero-order valence-corrected chi connectivity index (χ0v) is 13.2. The van der Waals surface area contributed by atoms with Crippen LogP contribution in [0.15, 0.2) is 18.2 Å². The molecule has 1 amide bonds. The van der Waals surface area contributed by atoms with Gasteiger partial charge in [-0.1, -0.05) is 45.0 Å². The molecule has 0 saturated heterocycles. The van der Waals surface area contributed by atoms with Crippen molar-refractivity contribution in [1.82, 2.24) is 0 Å². The van der Waals surface area contributed by atoms with E-state index in [1.54, 1.807) is 0 Å². The maximum absolute atomic E-state index is 11.9. The third kappa shape index (κ3) is 6.46. The Balaban J connectivity index is 2.63. The van der Waals surface area contributed by atoms with Crippen LogP contribution in [0.5, 0.6) is 0 Å². The molecule has 3 nitrogen and oxygen atoms in total. The number of rotatable bonds is 7. The first-order chi connectivity index (χ1) is 10.2. The number of carbonyl (C=O) groups is 1. The normalized spacial score (nSPS) is 9.86. The predicted molar refractivity (Wildman–Crippen MR) is 89.1 cm³/mol. The summed E-state index contributed by atoms with van der Waals surface area (Å²) in [7, 11) is 0. The number of hydrogen-bond acceptors (Lipinski definition) is 2. The van der Waals surface area contributed by atoms with Gasteiger partial charge in [-0.15, -0.1) is 0 Å². The van der Waals surface area contributed by atoms with E-state index >= 15 is 0 Å². The lowest BCUT2D eigenvalue weighted by Gasteiger charge is -2.10. The standard InChI is InChI=1S/C18H26N2O/c1-3-5-6-7-10-18(21)20-17-12-11-15(9-8-13-19)14-16(17)4-2/h11-12,14H,3-7,10,13,19H2,1-2H3,(H,20,21). The Morgan fingerprint density at radius 2 is 2.05 bits per heavy atom. The molecule has 0 bridgehead atoms. The van der Waals surface area contributed by atoms with Crippen molar-refractivity contribution in [3.8, 4) is 11.8 Å². The molecular weight excluding hydrogens is 260 g/mol. The fourth-order valence-electron chi connectivity index (χ4n) is 2.16. The van der Waals surface area contributed by atoms with Crippen LogP contribution >= 0.6 is 0 Å². The smallest absolute Gasteiger partial charge is 0.224 e. The lowest BCUT2D eigenvalue weighted by molar-refractivity contribution is -0.116. The number of aryl methyl sites for hydroxylation is 1. The maximum atomic E-state index is 11.9. The van der Waals surface area contributed by atoms with Crippen molar-refractivity contribution in [2.45, 2.75) is 52.4 Å². The third-order valence-electron chi connectivity index (χ3n) is 3.35. The number of nitrogens with one attached hydrogen (secondary N) is 1. The molecule has 21 heavy (non-hydrogen) atoms. The minimum Gasteiger partial charge on any atom is -0.326 e. The molecule has 3 N–H and O–H groups in total. The largest absolute Gasteiger partial charge is 0.326 e. The summed E-state index contributed by atoms with van der Waals surface area (Å²) in [6.45, 7) is 4.60. The monoisotopic (exact) mass is 286 g/mol. The van der Waals surface area contributed by atoms with E-state index in [9.17, 15) is 4.79 Å². The molecule has 1 rings (SSSR count). The van der Waals surface area contributed by atoms with Gasteiger partial charge in [0.1, 0.15) is 0 Å². The first kappa shape index (κ1) is 17.3. The van der Waals surface area contributed by atoms with Crippen LogP contribution in [0, 0.1) is 11.8 Å². The summed E-state index contributed by atoms with van der Waals surface area (Å²) >= 11 is 0. The van der Waals surface area contributed by atoms with E-state index in [2.05, 4.69) is 31.0 Å². The number of nitrogens with two attached hydrogens (primary N) is 1. The molecule has 0 aliphatic rings. The van der Waals surface area contributed by atoms with E-state index in [0.29, 0.717) is 13.0 Å². The van der Waals surface area contributed by atoms with Gasteiger partial charge in [0.15, 0.2) is 0 Å². The van der Waals surface area contributed by atoms with Crippen molar-refractivity contribution in [3.63, 3.8) is 0 Å². The van der Waals surface area contributed by atoms with Crippen molar-refractivity contribution in [2.24, 2.45) is 5.73 Å². The fraction of sp³-hybridized carbons (Fsp3) is 0.500. The molecule has 0 atom stereocenters. The summed E-state index contributed by atoms with van der Waals surface area (Å²) in [5, 5.41) is 3.01. The van der Waals surface area contributed by atoms with Gasteiger partial charge >= 0.3 is 0 Å². The van der Waals surface area contributed by atoms with Crippen LogP contribution in [0.3, 0.4) is 0 Å². The van der Waals surface area contributed by atoms with Gasteiger partial charge in [0, 0.05) is 17.7 Å². The maximum Gasteiger partial charge on any atom is 0.224 e. The van der Waals surface area contributed by atoms with Crippen LogP contribution in [-0.4, -0.2) is 12.5 Å². The van der Waals surface area contributed by atoms with Gasteiger partial charge in [-0.25, -0.2) is 0 Å². The number of anilines is 1. The Labute approximate surface area is 128 Å². The molecule has 1 aromatic carbocycles. The molecular formula is C18H26N2O. The second-order valence-corrected chi connectivity index (χ2v) is 5.09. The molecule has 0 unspecified atom stereocenters. The Bertz CT molecular complexity index is 512. The van der Waals surface area contributed by atoms with E-state index in [1.165, 1.54) is 12.8 Å². The average Bonchev–Trinajstić information content (AvgIpc) is 2.50. The summed E-state index contributed by atoms with van der Waals surface area (Å²) < 4.78 is 0. The highest BCUT2D eigenvalue weighted by Gasteiger charge is 2.06. The summed E-state index contributed by atoms with van der Waals surface area (Å²) in [5.74, 6) is 5.97.